The second-order valence-corrected chi connectivity index (χ2v) is 5.18. The summed E-state index contributed by atoms with van der Waals surface area (Å²) in [4.78, 5) is 2.43. The molecule has 0 aliphatic heterocycles. The standard InChI is InChI=1S/C12H21BrN2/c1-2-15(9-5-8-14)11-12(10-13)6-3-4-7-12/h2-7,9-11H2,1H3. The lowest BCUT2D eigenvalue weighted by atomic mass is 9.88. The van der Waals surface area contributed by atoms with Crippen LogP contribution in [0, 0.1) is 16.7 Å². The van der Waals surface area contributed by atoms with E-state index in [0.29, 0.717) is 11.8 Å². The molecule has 0 amide bonds. The first kappa shape index (κ1) is 13.0. The maximum absolute atomic E-state index is 8.61. The van der Waals surface area contributed by atoms with Crippen LogP contribution in [0.1, 0.15) is 39.0 Å². The minimum absolute atomic E-state index is 0.492. The van der Waals surface area contributed by atoms with Crippen LogP contribution in [0.4, 0.5) is 0 Å². The van der Waals surface area contributed by atoms with Gasteiger partial charge in [0.05, 0.1) is 6.07 Å². The van der Waals surface area contributed by atoms with Gasteiger partial charge in [0.1, 0.15) is 0 Å². The van der Waals surface area contributed by atoms with Crippen molar-refractivity contribution in [3.8, 4) is 6.07 Å². The van der Waals surface area contributed by atoms with Crippen LogP contribution in [-0.4, -0.2) is 29.9 Å². The lowest BCUT2D eigenvalue weighted by molar-refractivity contribution is 0.182. The maximum atomic E-state index is 8.61. The number of rotatable bonds is 6. The summed E-state index contributed by atoms with van der Waals surface area (Å²) >= 11 is 3.67. The van der Waals surface area contributed by atoms with Crippen LogP contribution in [0.3, 0.4) is 0 Å². The van der Waals surface area contributed by atoms with Gasteiger partial charge in [0, 0.05) is 24.8 Å². The van der Waals surface area contributed by atoms with E-state index >= 15 is 0 Å². The second kappa shape index (κ2) is 6.50. The van der Waals surface area contributed by atoms with Gasteiger partial charge in [0.25, 0.3) is 0 Å². The number of nitriles is 1. The number of hydrogen-bond donors (Lipinski definition) is 0. The monoisotopic (exact) mass is 272 g/mol. The van der Waals surface area contributed by atoms with Gasteiger partial charge in [0.15, 0.2) is 0 Å². The van der Waals surface area contributed by atoms with E-state index < -0.39 is 0 Å². The number of nitrogens with zero attached hydrogens (tertiary/aromatic N) is 2. The average Bonchev–Trinajstić information content (AvgIpc) is 2.73. The van der Waals surface area contributed by atoms with Crippen molar-refractivity contribution in [3.63, 3.8) is 0 Å². The average molecular weight is 273 g/mol. The first-order chi connectivity index (χ1) is 7.26. The van der Waals surface area contributed by atoms with Crippen molar-refractivity contribution < 1.29 is 0 Å². The summed E-state index contributed by atoms with van der Waals surface area (Å²) in [6.45, 7) is 5.35. The summed E-state index contributed by atoms with van der Waals surface area (Å²) in [5, 5.41) is 9.72. The zero-order valence-corrected chi connectivity index (χ0v) is 11.2. The van der Waals surface area contributed by atoms with Gasteiger partial charge < -0.3 is 4.90 Å². The van der Waals surface area contributed by atoms with Crippen LogP contribution < -0.4 is 0 Å². The fraction of sp³-hybridized carbons (Fsp3) is 0.917. The smallest absolute Gasteiger partial charge is 0.0635 e. The lowest BCUT2D eigenvalue weighted by Crippen LogP contribution is -2.37. The third kappa shape index (κ3) is 3.77. The predicted molar refractivity (Wildman–Crippen MR) is 67.0 cm³/mol. The van der Waals surface area contributed by atoms with Gasteiger partial charge in [-0.3, -0.25) is 0 Å². The molecule has 2 nitrogen and oxygen atoms in total. The number of hydrogen-bond acceptors (Lipinski definition) is 2. The molecule has 0 atom stereocenters. The Balaban J connectivity index is 2.44. The summed E-state index contributed by atoms with van der Waals surface area (Å²) in [7, 11) is 0. The van der Waals surface area contributed by atoms with Crippen LogP contribution in [0.2, 0.25) is 0 Å². The molecule has 1 aliphatic rings. The highest BCUT2D eigenvalue weighted by molar-refractivity contribution is 9.09. The molecule has 0 N–H and O–H groups in total. The Hall–Kier alpha value is -0.0700. The van der Waals surface area contributed by atoms with E-state index in [4.69, 9.17) is 5.26 Å². The molecule has 1 rings (SSSR count). The topological polar surface area (TPSA) is 27.0 Å². The van der Waals surface area contributed by atoms with E-state index in [9.17, 15) is 0 Å². The first-order valence-corrected chi connectivity index (χ1v) is 7.04. The normalized spacial score (nSPS) is 19.3. The van der Waals surface area contributed by atoms with Gasteiger partial charge in [-0.2, -0.15) is 5.26 Å². The van der Waals surface area contributed by atoms with Crippen molar-refractivity contribution >= 4 is 15.9 Å². The highest BCUT2D eigenvalue weighted by atomic mass is 79.9. The molecule has 0 heterocycles. The molecule has 1 fully saturated rings. The van der Waals surface area contributed by atoms with Gasteiger partial charge in [-0.25, -0.2) is 0 Å². The van der Waals surface area contributed by atoms with Crippen molar-refractivity contribution in [3.05, 3.63) is 0 Å². The number of halogens is 1. The van der Waals surface area contributed by atoms with Crippen LogP contribution >= 0.6 is 15.9 Å². The molecule has 0 spiro atoms. The maximum Gasteiger partial charge on any atom is 0.0635 e. The molecule has 0 aromatic heterocycles. The predicted octanol–water partition coefficient (Wildman–Crippen LogP) is 3.18. The Bertz CT molecular complexity index is 216. The zero-order valence-electron chi connectivity index (χ0n) is 9.64. The highest BCUT2D eigenvalue weighted by Crippen LogP contribution is 2.40. The van der Waals surface area contributed by atoms with E-state index in [1.54, 1.807) is 0 Å². The summed E-state index contributed by atoms with van der Waals surface area (Å²) in [6.07, 6.45) is 6.11. The van der Waals surface area contributed by atoms with E-state index in [1.807, 2.05) is 0 Å². The second-order valence-electron chi connectivity index (χ2n) is 4.62. The van der Waals surface area contributed by atoms with E-state index in [0.717, 1.165) is 25.0 Å². The van der Waals surface area contributed by atoms with E-state index in [1.165, 1.54) is 25.7 Å². The van der Waals surface area contributed by atoms with Crippen molar-refractivity contribution in [1.29, 1.82) is 5.26 Å². The molecule has 0 aromatic carbocycles. The molecule has 0 radical (unpaired) electrons. The molecular formula is C12H21BrN2. The van der Waals surface area contributed by atoms with Gasteiger partial charge in [-0.05, 0) is 24.8 Å². The molecule has 0 unspecified atom stereocenters. The fourth-order valence-electron chi connectivity index (χ4n) is 2.49. The van der Waals surface area contributed by atoms with Crippen LogP contribution in [0.5, 0.6) is 0 Å². The van der Waals surface area contributed by atoms with Crippen molar-refractivity contribution in [2.24, 2.45) is 5.41 Å². The van der Waals surface area contributed by atoms with Gasteiger partial charge >= 0.3 is 0 Å². The minimum atomic E-state index is 0.492. The Morgan fingerprint density at radius 3 is 2.53 bits per heavy atom. The van der Waals surface area contributed by atoms with Crippen LogP contribution in [0.25, 0.3) is 0 Å². The molecule has 1 aliphatic carbocycles. The third-order valence-corrected chi connectivity index (χ3v) is 4.68. The molecular weight excluding hydrogens is 252 g/mol. The van der Waals surface area contributed by atoms with Crippen molar-refractivity contribution in [2.75, 3.05) is 25.0 Å². The van der Waals surface area contributed by atoms with E-state index in [2.05, 4.69) is 33.8 Å². The largest absolute Gasteiger partial charge is 0.302 e. The van der Waals surface area contributed by atoms with Crippen LogP contribution in [-0.2, 0) is 0 Å². The van der Waals surface area contributed by atoms with Gasteiger partial charge in [-0.15, -0.1) is 0 Å². The fourth-order valence-corrected chi connectivity index (χ4v) is 3.23. The Morgan fingerprint density at radius 2 is 2.07 bits per heavy atom. The molecule has 15 heavy (non-hydrogen) atoms. The van der Waals surface area contributed by atoms with Gasteiger partial charge in [-0.1, -0.05) is 35.7 Å². The van der Waals surface area contributed by atoms with Crippen molar-refractivity contribution in [1.82, 2.24) is 4.90 Å². The summed E-state index contributed by atoms with van der Waals surface area (Å²) in [5.41, 5.74) is 0.492. The molecule has 0 saturated heterocycles. The highest BCUT2D eigenvalue weighted by Gasteiger charge is 2.33. The molecule has 3 heteroatoms. The summed E-state index contributed by atoms with van der Waals surface area (Å²) < 4.78 is 0. The van der Waals surface area contributed by atoms with Crippen molar-refractivity contribution in [2.45, 2.75) is 39.0 Å². The summed E-state index contributed by atoms with van der Waals surface area (Å²) in [6, 6.07) is 2.23. The minimum Gasteiger partial charge on any atom is -0.302 e. The summed E-state index contributed by atoms with van der Waals surface area (Å²) in [5.74, 6) is 0. The zero-order chi connectivity index (χ0) is 11.1. The molecule has 0 bridgehead atoms. The van der Waals surface area contributed by atoms with Gasteiger partial charge in [0.2, 0.25) is 0 Å². The Morgan fingerprint density at radius 1 is 1.40 bits per heavy atom. The number of alkyl halides is 1. The first-order valence-electron chi connectivity index (χ1n) is 5.91. The molecule has 0 aromatic rings. The van der Waals surface area contributed by atoms with E-state index in [-0.39, 0.29) is 0 Å². The SMILES string of the molecule is CCN(CCC#N)CC1(CBr)CCCC1. The molecule has 1 saturated carbocycles. The Kier molecular flexibility index (Phi) is 5.63. The molecule has 86 valence electrons. The quantitative estimate of drug-likeness (QED) is 0.695. The van der Waals surface area contributed by atoms with Crippen LogP contribution in [0.15, 0.2) is 0 Å². The lowest BCUT2D eigenvalue weighted by Gasteiger charge is -2.33. The Labute approximate surface area is 102 Å². The third-order valence-electron chi connectivity index (χ3n) is 3.49.